The van der Waals surface area contributed by atoms with Gasteiger partial charge in [0.25, 0.3) is 0 Å². The highest BCUT2D eigenvalue weighted by Crippen LogP contribution is 2.44. The number of hydrogen-bond acceptors (Lipinski definition) is 2. The Morgan fingerprint density at radius 1 is 1.31 bits per heavy atom. The van der Waals surface area contributed by atoms with Gasteiger partial charge in [0.05, 0.1) is 5.41 Å². The molecule has 3 nitrogen and oxygen atoms in total. The monoisotopic (exact) mass is 215 g/mol. The molecule has 0 bridgehead atoms. The molecule has 3 heteroatoms. The minimum absolute atomic E-state index is 0.109. The molecule has 1 N–H and O–H groups in total. The number of fused-ring (bicyclic) bond motifs is 2. The van der Waals surface area contributed by atoms with Crippen molar-refractivity contribution in [2.24, 2.45) is 0 Å². The van der Waals surface area contributed by atoms with Crippen LogP contribution in [0, 0.1) is 6.92 Å². The van der Waals surface area contributed by atoms with Crippen molar-refractivity contribution in [2.45, 2.75) is 31.6 Å². The van der Waals surface area contributed by atoms with E-state index in [-0.39, 0.29) is 11.8 Å². The topological polar surface area (TPSA) is 46.2 Å². The Kier molecular flexibility index (Phi) is 1.76. The second-order valence-electron chi connectivity index (χ2n) is 4.80. The lowest BCUT2D eigenvalue weighted by molar-refractivity contribution is -0.126. The van der Waals surface area contributed by atoms with Crippen molar-refractivity contribution in [1.82, 2.24) is 5.32 Å². The third-order valence-corrected chi connectivity index (χ3v) is 3.75. The molecule has 1 saturated heterocycles. The summed E-state index contributed by atoms with van der Waals surface area (Å²) in [6, 6.07) is 6.20. The number of nitrogens with one attached hydrogen (secondary N) is 1. The van der Waals surface area contributed by atoms with E-state index in [1.807, 2.05) is 6.92 Å². The van der Waals surface area contributed by atoms with E-state index in [0.717, 1.165) is 24.0 Å². The van der Waals surface area contributed by atoms with Crippen molar-refractivity contribution >= 4 is 11.8 Å². The van der Waals surface area contributed by atoms with E-state index in [1.165, 1.54) is 5.56 Å². The van der Waals surface area contributed by atoms with Crippen LogP contribution in [-0.2, 0) is 21.4 Å². The lowest BCUT2D eigenvalue weighted by Gasteiger charge is -2.20. The van der Waals surface area contributed by atoms with E-state index in [1.54, 1.807) is 0 Å². The first kappa shape index (κ1) is 9.58. The van der Waals surface area contributed by atoms with Crippen LogP contribution in [0.3, 0.4) is 0 Å². The van der Waals surface area contributed by atoms with Gasteiger partial charge in [-0.1, -0.05) is 23.8 Å². The van der Waals surface area contributed by atoms with Crippen LogP contribution in [0.15, 0.2) is 18.2 Å². The molecule has 0 aromatic heterocycles. The number of carbonyl (C=O) groups excluding carboxylic acids is 2. The van der Waals surface area contributed by atoms with Gasteiger partial charge < -0.3 is 0 Å². The fraction of sp³-hybridized carbons (Fsp3) is 0.385. The second-order valence-corrected chi connectivity index (χ2v) is 4.80. The van der Waals surface area contributed by atoms with E-state index in [4.69, 9.17) is 0 Å². The van der Waals surface area contributed by atoms with Crippen LogP contribution in [0.5, 0.6) is 0 Å². The number of aryl methyl sites for hydroxylation is 2. The first-order valence-electron chi connectivity index (χ1n) is 5.56. The van der Waals surface area contributed by atoms with Crippen molar-refractivity contribution in [3.8, 4) is 0 Å². The van der Waals surface area contributed by atoms with Crippen LogP contribution < -0.4 is 5.32 Å². The molecule has 82 valence electrons. The minimum Gasteiger partial charge on any atom is -0.296 e. The second kappa shape index (κ2) is 2.94. The van der Waals surface area contributed by atoms with E-state index in [0.29, 0.717) is 6.42 Å². The van der Waals surface area contributed by atoms with Crippen molar-refractivity contribution in [1.29, 1.82) is 0 Å². The van der Waals surface area contributed by atoms with Crippen LogP contribution in [0.25, 0.3) is 0 Å². The summed E-state index contributed by atoms with van der Waals surface area (Å²) in [5, 5.41) is 2.43. The van der Waals surface area contributed by atoms with Gasteiger partial charge in [-0.15, -0.1) is 0 Å². The molecule has 16 heavy (non-hydrogen) atoms. The number of benzene rings is 1. The lowest BCUT2D eigenvalue weighted by atomic mass is 9.80. The predicted molar refractivity (Wildman–Crippen MR) is 58.9 cm³/mol. The molecule has 3 rings (SSSR count). The number of imide groups is 1. The molecule has 1 fully saturated rings. The molecule has 0 saturated carbocycles. The maximum atomic E-state index is 12.0. The minimum atomic E-state index is -0.557. The Balaban J connectivity index is 2.18. The zero-order valence-electron chi connectivity index (χ0n) is 9.17. The highest BCUT2D eigenvalue weighted by molar-refractivity contribution is 6.09. The van der Waals surface area contributed by atoms with Gasteiger partial charge in [0.1, 0.15) is 0 Å². The molecule has 1 aromatic rings. The lowest BCUT2D eigenvalue weighted by Crippen LogP contribution is -2.33. The summed E-state index contributed by atoms with van der Waals surface area (Å²) in [6.07, 6.45) is 1.99. The van der Waals surface area contributed by atoms with Gasteiger partial charge in [-0.05, 0) is 30.9 Å². The van der Waals surface area contributed by atoms with Crippen LogP contribution in [0.1, 0.15) is 29.5 Å². The van der Waals surface area contributed by atoms with Crippen molar-refractivity contribution in [3.05, 3.63) is 34.9 Å². The standard InChI is InChI=1S/C13H13NO2/c1-8-2-3-9-4-5-13(10(9)6-8)7-11(15)14-12(13)16/h2-3,6H,4-5,7H2,1H3,(H,14,15,16). The first-order chi connectivity index (χ1) is 7.62. The third kappa shape index (κ3) is 1.08. The van der Waals surface area contributed by atoms with Crippen LogP contribution in [-0.4, -0.2) is 11.8 Å². The van der Waals surface area contributed by atoms with Gasteiger partial charge in [0.2, 0.25) is 11.8 Å². The van der Waals surface area contributed by atoms with E-state index < -0.39 is 5.41 Å². The molecule has 1 aliphatic carbocycles. The zero-order valence-corrected chi connectivity index (χ0v) is 9.17. The maximum absolute atomic E-state index is 12.0. The zero-order chi connectivity index (χ0) is 11.3. The number of carbonyl (C=O) groups is 2. The molecular formula is C13H13NO2. The van der Waals surface area contributed by atoms with Crippen LogP contribution in [0.2, 0.25) is 0 Å². The van der Waals surface area contributed by atoms with Crippen molar-refractivity contribution < 1.29 is 9.59 Å². The Hall–Kier alpha value is -1.64. The fourth-order valence-electron chi connectivity index (χ4n) is 2.90. The Morgan fingerprint density at radius 2 is 2.12 bits per heavy atom. The van der Waals surface area contributed by atoms with Crippen molar-refractivity contribution in [2.75, 3.05) is 0 Å². The fourth-order valence-corrected chi connectivity index (χ4v) is 2.90. The highest BCUT2D eigenvalue weighted by atomic mass is 16.2. The molecular weight excluding hydrogens is 202 g/mol. The molecule has 2 amide bonds. The van der Waals surface area contributed by atoms with Gasteiger partial charge in [-0.25, -0.2) is 0 Å². The molecule has 1 aliphatic heterocycles. The van der Waals surface area contributed by atoms with Gasteiger partial charge in [-0.2, -0.15) is 0 Å². The Morgan fingerprint density at radius 3 is 2.81 bits per heavy atom. The molecule has 1 unspecified atom stereocenters. The highest BCUT2D eigenvalue weighted by Gasteiger charge is 2.51. The Bertz CT molecular complexity index is 507. The van der Waals surface area contributed by atoms with Crippen molar-refractivity contribution in [3.63, 3.8) is 0 Å². The van der Waals surface area contributed by atoms with Crippen LogP contribution >= 0.6 is 0 Å². The summed E-state index contributed by atoms with van der Waals surface area (Å²) in [5.41, 5.74) is 2.87. The summed E-state index contributed by atoms with van der Waals surface area (Å²) in [7, 11) is 0. The summed E-state index contributed by atoms with van der Waals surface area (Å²) in [5.74, 6) is -0.249. The van der Waals surface area contributed by atoms with Gasteiger partial charge in [-0.3, -0.25) is 14.9 Å². The Labute approximate surface area is 93.8 Å². The van der Waals surface area contributed by atoms with E-state index in [9.17, 15) is 9.59 Å². The summed E-state index contributed by atoms with van der Waals surface area (Å²) < 4.78 is 0. The number of amides is 2. The van der Waals surface area contributed by atoms with Gasteiger partial charge >= 0.3 is 0 Å². The average molecular weight is 215 g/mol. The van der Waals surface area contributed by atoms with E-state index in [2.05, 4.69) is 23.5 Å². The third-order valence-electron chi connectivity index (χ3n) is 3.75. The SMILES string of the molecule is Cc1ccc2c(c1)C1(CC2)CC(=O)NC1=O. The molecule has 1 atom stereocenters. The largest absolute Gasteiger partial charge is 0.296 e. The van der Waals surface area contributed by atoms with Crippen LogP contribution in [0.4, 0.5) is 0 Å². The summed E-state index contributed by atoms with van der Waals surface area (Å²) >= 11 is 0. The van der Waals surface area contributed by atoms with Gasteiger partial charge in [0, 0.05) is 6.42 Å². The molecule has 1 spiro atoms. The first-order valence-corrected chi connectivity index (χ1v) is 5.56. The quantitative estimate of drug-likeness (QED) is 0.661. The van der Waals surface area contributed by atoms with Gasteiger partial charge in [0.15, 0.2) is 0 Å². The van der Waals surface area contributed by atoms with E-state index >= 15 is 0 Å². The molecule has 1 heterocycles. The number of rotatable bonds is 0. The molecule has 2 aliphatic rings. The average Bonchev–Trinajstić information content (AvgIpc) is 2.71. The predicted octanol–water partition coefficient (Wildman–Crippen LogP) is 1.23. The maximum Gasteiger partial charge on any atom is 0.237 e. The summed E-state index contributed by atoms with van der Waals surface area (Å²) in [4.78, 5) is 23.3. The summed E-state index contributed by atoms with van der Waals surface area (Å²) in [6.45, 7) is 2.01. The molecule has 1 aromatic carbocycles. The number of hydrogen-bond donors (Lipinski definition) is 1. The smallest absolute Gasteiger partial charge is 0.237 e. The molecule has 0 radical (unpaired) electrons. The normalized spacial score (nSPS) is 27.3.